The number of benzene rings is 2. The Morgan fingerprint density at radius 3 is 2.43 bits per heavy atom. The first-order valence-corrected chi connectivity index (χ1v) is 8.85. The Bertz CT molecular complexity index is 928. The van der Waals surface area contributed by atoms with Crippen LogP contribution < -0.4 is 4.31 Å². The van der Waals surface area contributed by atoms with Crippen molar-refractivity contribution >= 4 is 26.7 Å². The minimum Gasteiger partial charge on any atom is -0.345 e. The van der Waals surface area contributed by atoms with Gasteiger partial charge in [0.2, 0.25) is 0 Å². The topological polar surface area (TPSA) is 66.1 Å². The molecule has 2 aromatic carbocycles. The van der Waals surface area contributed by atoms with Crippen LogP contribution >= 0.6 is 0 Å². The summed E-state index contributed by atoms with van der Waals surface area (Å²) in [5, 5.41) is 0. The molecular weight excluding hydrogens is 310 g/mol. The van der Waals surface area contributed by atoms with Gasteiger partial charge in [-0.15, -0.1) is 0 Å². The smallest absolute Gasteiger partial charge is 0.264 e. The maximum absolute atomic E-state index is 12.8. The van der Waals surface area contributed by atoms with Gasteiger partial charge < -0.3 is 4.98 Å². The first-order valence-electron chi connectivity index (χ1n) is 7.41. The van der Waals surface area contributed by atoms with E-state index in [1.807, 2.05) is 12.1 Å². The summed E-state index contributed by atoms with van der Waals surface area (Å²) in [5.74, 6) is 0.368. The molecule has 0 aliphatic rings. The molecule has 0 aliphatic heterocycles. The maximum Gasteiger partial charge on any atom is 0.264 e. The molecule has 0 fully saturated rings. The molecule has 0 aliphatic carbocycles. The monoisotopic (exact) mass is 329 g/mol. The SMILES string of the molecule is CC(C)c1ccc(S(=O)(=O)N(C)c2ccc3nc[nH]c3c2)cc1. The predicted octanol–water partition coefficient (Wildman–Crippen LogP) is 3.51. The van der Waals surface area contributed by atoms with E-state index in [9.17, 15) is 8.42 Å². The van der Waals surface area contributed by atoms with Crippen molar-refractivity contribution < 1.29 is 8.42 Å². The van der Waals surface area contributed by atoms with Gasteiger partial charge in [0, 0.05) is 7.05 Å². The van der Waals surface area contributed by atoms with Gasteiger partial charge in [-0.1, -0.05) is 26.0 Å². The molecule has 120 valence electrons. The third-order valence-corrected chi connectivity index (χ3v) is 5.77. The van der Waals surface area contributed by atoms with Gasteiger partial charge in [0.05, 0.1) is 27.9 Å². The lowest BCUT2D eigenvalue weighted by Gasteiger charge is -2.20. The molecule has 23 heavy (non-hydrogen) atoms. The number of rotatable bonds is 4. The molecule has 3 aromatic rings. The fourth-order valence-electron chi connectivity index (χ4n) is 2.44. The van der Waals surface area contributed by atoms with Gasteiger partial charge in [-0.05, 0) is 41.8 Å². The number of imidazole rings is 1. The molecular formula is C17H19N3O2S. The lowest BCUT2D eigenvalue weighted by Crippen LogP contribution is -2.26. The van der Waals surface area contributed by atoms with E-state index in [-0.39, 0.29) is 4.90 Å². The van der Waals surface area contributed by atoms with Crippen LogP contribution in [0.3, 0.4) is 0 Å². The van der Waals surface area contributed by atoms with E-state index in [0.717, 1.165) is 16.6 Å². The molecule has 1 heterocycles. The number of H-pyrrole nitrogens is 1. The molecule has 1 N–H and O–H groups in total. The van der Waals surface area contributed by atoms with Crippen molar-refractivity contribution in [3.8, 4) is 0 Å². The lowest BCUT2D eigenvalue weighted by molar-refractivity contribution is 0.594. The summed E-state index contributed by atoms with van der Waals surface area (Å²) in [6.07, 6.45) is 1.59. The van der Waals surface area contributed by atoms with Gasteiger partial charge in [-0.3, -0.25) is 4.31 Å². The van der Waals surface area contributed by atoms with Crippen molar-refractivity contribution in [2.24, 2.45) is 0 Å². The standard InChI is InChI=1S/C17H19N3O2S/c1-12(2)13-4-7-15(8-5-13)23(21,22)20(3)14-6-9-16-17(10-14)19-11-18-16/h4-12H,1-3H3,(H,18,19). The van der Waals surface area contributed by atoms with Crippen LogP contribution in [0.5, 0.6) is 0 Å². The van der Waals surface area contributed by atoms with Crippen LogP contribution in [0.2, 0.25) is 0 Å². The Morgan fingerprint density at radius 1 is 1.09 bits per heavy atom. The number of aromatic amines is 1. The quantitative estimate of drug-likeness (QED) is 0.796. The molecule has 0 atom stereocenters. The van der Waals surface area contributed by atoms with Gasteiger partial charge >= 0.3 is 0 Å². The molecule has 6 heteroatoms. The van der Waals surface area contributed by atoms with Crippen molar-refractivity contribution in [2.45, 2.75) is 24.7 Å². The van der Waals surface area contributed by atoms with Crippen molar-refractivity contribution in [3.63, 3.8) is 0 Å². The average Bonchev–Trinajstić information content (AvgIpc) is 3.01. The first-order chi connectivity index (χ1) is 10.9. The highest BCUT2D eigenvalue weighted by atomic mass is 32.2. The molecule has 3 rings (SSSR count). The Hall–Kier alpha value is -2.34. The van der Waals surface area contributed by atoms with Gasteiger partial charge in [-0.25, -0.2) is 13.4 Å². The highest BCUT2D eigenvalue weighted by molar-refractivity contribution is 7.92. The zero-order valence-electron chi connectivity index (χ0n) is 13.3. The highest BCUT2D eigenvalue weighted by Crippen LogP contribution is 2.25. The summed E-state index contributed by atoms with van der Waals surface area (Å²) in [6, 6.07) is 12.4. The summed E-state index contributed by atoms with van der Waals surface area (Å²) >= 11 is 0. The lowest BCUT2D eigenvalue weighted by atomic mass is 10.0. The van der Waals surface area contributed by atoms with Crippen LogP contribution in [-0.4, -0.2) is 25.4 Å². The van der Waals surface area contributed by atoms with E-state index < -0.39 is 10.0 Å². The second kappa shape index (κ2) is 5.70. The molecule has 1 aromatic heterocycles. The third kappa shape index (κ3) is 2.82. The van der Waals surface area contributed by atoms with E-state index in [0.29, 0.717) is 11.6 Å². The fourth-order valence-corrected chi connectivity index (χ4v) is 3.63. The number of anilines is 1. The molecule has 0 spiro atoms. The Kier molecular flexibility index (Phi) is 3.85. The van der Waals surface area contributed by atoms with Crippen LogP contribution in [0.1, 0.15) is 25.3 Å². The largest absolute Gasteiger partial charge is 0.345 e. The average molecular weight is 329 g/mol. The van der Waals surface area contributed by atoms with Crippen LogP contribution in [0.25, 0.3) is 11.0 Å². The summed E-state index contributed by atoms with van der Waals surface area (Å²) in [5.41, 5.74) is 3.32. The van der Waals surface area contributed by atoms with E-state index in [1.165, 1.54) is 4.31 Å². The summed E-state index contributed by atoms with van der Waals surface area (Å²) in [4.78, 5) is 7.42. The minimum atomic E-state index is -3.59. The van der Waals surface area contributed by atoms with Gasteiger partial charge in [0.15, 0.2) is 0 Å². The summed E-state index contributed by atoms with van der Waals surface area (Å²) in [7, 11) is -2.03. The van der Waals surface area contributed by atoms with E-state index in [2.05, 4.69) is 23.8 Å². The molecule has 0 saturated heterocycles. The molecule has 0 unspecified atom stereocenters. The number of sulfonamides is 1. The molecule has 0 saturated carbocycles. The number of fused-ring (bicyclic) bond motifs is 1. The van der Waals surface area contributed by atoms with Crippen LogP contribution in [-0.2, 0) is 10.0 Å². The van der Waals surface area contributed by atoms with Crippen molar-refractivity contribution in [1.82, 2.24) is 9.97 Å². The van der Waals surface area contributed by atoms with E-state index in [1.54, 1.807) is 43.7 Å². The number of nitrogens with one attached hydrogen (secondary N) is 1. The molecule has 0 amide bonds. The zero-order chi connectivity index (χ0) is 16.6. The molecule has 0 bridgehead atoms. The molecule has 5 nitrogen and oxygen atoms in total. The number of hydrogen-bond acceptors (Lipinski definition) is 3. The van der Waals surface area contributed by atoms with Gasteiger partial charge in [-0.2, -0.15) is 0 Å². The number of nitrogens with zero attached hydrogens (tertiary/aromatic N) is 2. The normalized spacial score (nSPS) is 12.0. The number of aromatic nitrogens is 2. The fraction of sp³-hybridized carbons (Fsp3) is 0.235. The van der Waals surface area contributed by atoms with Crippen LogP contribution in [0.4, 0.5) is 5.69 Å². The predicted molar refractivity (Wildman–Crippen MR) is 92.2 cm³/mol. The highest BCUT2D eigenvalue weighted by Gasteiger charge is 2.21. The van der Waals surface area contributed by atoms with Crippen molar-refractivity contribution in [2.75, 3.05) is 11.4 Å². The summed E-state index contributed by atoms with van der Waals surface area (Å²) < 4.78 is 26.9. The van der Waals surface area contributed by atoms with Crippen molar-refractivity contribution in [1.29, 1.82) is 0 Å². The molecule has 0 radical (unpaired) electrons. The van der Waals surface area contributed by atoms with Gasteiger partial charge in [0.1, 0.15) is 0 Å². The van der Waals surface area contributed by atoms with E-state index in [4.69, 9.17) is 0 Å². The second-order valence-electron chi connectivity index (χ2n) is 5.80. The van der Waals surface area contributed by atoms with Crippen LogP contribution in [0.15, 0.2) is 53.7 Å². The van der Waals surface area contributed by atoms with Gasteiger partial charge in [0.25, 0.3) is 10.0 Å². The first kappa shape index (κ1) is 15.6. The Morgan fingerprint density at radius 2 is 1.78 bits per heavy atom. The Balaban J connectivity index is 1.97. The summed E-state index contributed by atoms with van der Waals surface area (Å²) in [6.45, 7) is 4.16. The van der Waals surface area contributed by atoms with E-state index >= 15 is 0 Å². The number of hydrogen-bond donors (Lipinski definition) is 1. The minimum absolute atomic E-state index is 0.286. The maximum atomic E-state index is 12.8. The zero-order valence-corrected chi connectivity index (χ0v) is 14.1. The van der Waals surface area contributed by atoms with Crippen molar-refractivity contribution in [3.05, 3.63) is 54.4 Å². The Labute approximate surface area is 136 Å². The third-order valence-electron chi connectivity index (χ3n) is 3.97. The van der Waals surface area contributed by atoms with Crippen LogP contribution in [0, 0.1) is 0 Å². The second-order valence-corrected chi connectivity index (χ2v) is 7.77.